The van der Waals surface area contributed by atoms with Gasteiger partial charge in [0.15, 0.2) is 6.10 Å². The van der Waals surface area contributed by atoms with Crippen LogP contribution in [0.3, 0.4) is 0 Å². The van der Waals surface area contributed by atoms with Gasteiger partial charge in [-0.25, -0.2) is 5.43 Å². The number of allylic oxidation sites excluding steroid dienone is 1. The monoisotopic (exact) mass is 404 g/mol. The Balaban J connectivity index is 1.63. The average Bonchev–Trinajstić information content (AvgIpc) is 2.77. The maximum Gasteiger partial charge on any atom is 0.280 e. The standard InChI is InChI=1S/C24H24N2O4/c1-16(11-12-19-15-20(29-3)13-14-22(19)27)25-26-24(28)17(2)30-23-10-6-8-18-7-4-5-9-21(18)23/h4-15,17,27H,1-3H3,(H,26,28)/b12-11+,25-16-/t17-/m1/s1. The van der Waals surface area contributed by atoms with E-state index in [0.29, 0.717) is 22.8 Å². The Morgan fingerprint density at radius 2 is 1.90 bits per heavy atom. The lowest BCUT2D eigenvalue weighted by Gasteiger charge is -2.15. The largest absolute Gasteiger partial charge is 0.507 e. The first kappa shape index (κ1) is 20.9. The van der Waals surface area contributed by atoms with Gasteiger partial charge in [0.25, 0.3) is 5.91 Å². The van der Waals surface area contributed by atoms with Crippen LogP contribution >= 0.6 is 0 Å². The third-order valence-corrected chi connectivity index (χ3v) is 4.50. The fourth-order valence-electron chi connectivity index (χ4n) is 2.82. The molecule has 0 aliphatic carbocycles. The highest BCUT2D eigenvalue weighted by molar-refractivity contribution is 5.97. The van der Waals surface area contributed by atoms with E-state index in [4.69, 9.17) is 9.47 Å². The van der Waals surface area contributed by atoms with Crippen LogP contribution in [0.2, 0.25) is 0 Å². The number of ether oxygens (including phenoxy) is 2. The highest BCUT2D eigenvalue weighted by Crippen LogP contribution is 2.26. The van der Waals surface area contributed by atoms with Crippen molar-refractivity contribution >= 4 is 28.5 Å². The van der Waals surface area contributed by atoms with Crippen molar-refractivity contribution in [2.45, 2.75) is 20.0 Å². The van der Waals surface area contributed by atoms with Crippen molar-refractivity contribution in [3.05, 3.63) is 72.3 Å². The van der Waals surface area contributed by atoms with Crippen molar-refractivity contribution in [2.75, 3.05) is 7.11 Å². The molecular weight excluding hydrogens is 380 g/mol. The van der Waals surface area contributed by atoms with Crippen LogP contribution in [0.1, 0.15) is 19.4 Å². The molecule has 0 aliphatic rings. The molecule has 0 radical (unpaired) electrons. The Morgan fingerprint density at radius 3 is 2.70 bits per heavy atom. The van der Waals surface area contributed by atoms with Gasteiger partial charge in [-0.15, -0.1) is 0 Å². The van der Waals surface area contributed by atoms with E-state index >= 15 is 0 Å². The predicted molar refractivity (Wildman–Crippen MR) is 119 cm³/mol. The molecule has 0 fully saturated rings. The molecule has 3 aromatic rings. The Labute approximate surface area is 175 Å². The third-order valence-electron chi connectivity index (χ3n) is 4.50. The van der Waals surface area contributed by atoms with E-state index in [1.807, 2.05) is 42.5 Å². The summed E-state index contributed by atoms with van der Waals surface area (Å²) in [6.07, 6.45) is 2.66. The maximum absolute atomic E-state index is 12.4. The van der Waals surface area contributed by atoms with Gasteiger partial charge >= 0.3 is 0 Å². The van der Waals surface area contributed by atoms with Crippen molar-refractivity contribution in [1.82, 2.24) is 5.43 Å². The molecule has 0 heterocycles. The lowest BCUT2D eigenvalue weighted by molar-refractivity contribution is -0.127. The smallest absolute Gasteiger partial charge is 0.280 e. The topological polar surface area (TPSA) is 80.2 Å². The summed E-state index contributed by atoms with van der Waals surface area (Å²) in [6, 6.07) is 18.5. The first-order valence-electron chi connectivity index (χ1n) is 9.51. The summed E-state index contributed by atoms with van der Waals surface area (Å²) >= 11 is 0. The molecule has 0 unspecified atom stereocenters. The number of rotatable bonds is 7. The number of fused-ring (bicyclic) bond motifs is 1. The van der Waals surface area contributed by atoms with Crippen molar-refractivity contribution in [1.29, 1.82) is 0 Å². The molecule has 0 aromatic heterocycles. The van der Waals surface area contributed by atoms with Crippen LogP contribution in [0.15, 0.2) is 71.8 Å². The van der Waals surface area contributed by atoms with Crippen molar-refractivity contribution in [2.24, 2.45) is 5.10 Å². The average molecular weight is 404 g/mol. The zero-order chi connectivity index (χ0) is 21.5. The van der Waals surface area contributed by atoms with Gasteiger partial charge in [-0.3, -0.25) is 4.79 Å². The lowest BCUT2D eigenvalue weighted by Crippen LogP contribution is -2.33. The summed E-state index contributed by atoms with van der Waals surface area (Å²) in [5.41, 5.74) is 3.65. The van der Waals surface area contributed by atoms with E-state index in [9.17, 15) is 9.90 Å². The van der Waals surface area contributed by atoms with Gasteiger partial charge in [-0.2, -0.15) is 5.10 Å². The van der Waals surface area contributed by atoms with Gasteiger partial charge in [-0.05, 0) is 55.7 Å². The fourth-order valence-corrected chi connectivity index (χ4v) is 2.82. The Hall–Kier alpha value is -3.80. The molecule has 1 amide bonds. The summed E-state index contributed by atoms with van der Waals surface area (Å²) < 4.78 is 11.0. The number of phenolic OH excluding ortho intramolecular Hbond substituents is 1. The highest BCUT2D eigenvalue weighted by Gasteiger charge is 2.15. The molecule has 2 N–H and O–H groups in total. The molecule has 3 rings (SSSR count). The summed E-state index contributed by atoms with van der Waals surface area (Å²) in [6.45, 7) is 3.41. The van der Waals surface area contributed by atoms with Crippen LogP contribution in [0.25, 0.3) is 16.8 Å². The summed E-state index contributed by atoms with van der Waals surface area (Å²) in [5, 5.41) is 16.0. The number of nitrogens with zero attached hydrogens (tertiary/aromatic N) is 1. The maximum atomic E-state index is 12.4. The Morgan fingerprint density at radius 1 is 1.13 bits per heavy atom. The van der Waals surface area contributed by atoms with Crippen molar-refractivity contribution < 1.29 is 19.4 Å². The number of nitrogens with one attached hydrogen (secondary N) is 1. The van der Waals surface area contributed by atoms with Crippen LogP contribution in [0.4, 0.5) is 0 Å². The molecule has 0 spiro atoms. The Bertz CT molecular complexity index is 1100. The van der Waals surface area contributed by atoms with Crippen LogP contribution in [0, 0.1) is 0 Å². The first-order chi connectivity index (χ1) is 14.5. The highest BCUT2D eigenvalue weighted by atomic mass is 16.5. The van der Waals surface area contributed by atoms with Gasteiger partial charge in [0, 0.05) is 10.9 Å². The van der Waals surface area contributed by atoms with Crippen molar-refractivity contribution in [3.63, 3.8) is 0 Å². The quantitative estimate of drug-likeness (QED) is 0.448. The van der Waals surface area contributed by atoms with E-state index in [1.54, 1.807) is 51.3 Å². The van der Waals surface area contributed by atoms with E-state index in [1.165, 1.54) is 0 Å². The number of phenols is 1. The van der Waals surface area contributed by atoms with E-state index in [-0.39, 0.29) is 11.7 Å². The molecular formula is C24H24N2O4. The number of carbonyl (C=O) groups excluding carboxylic acids is 1. The number of hydrazone groups is 1. The fraction of sp³-hybridized carbons (Fsp3) is 0.167. The summed E-state index contributed by atoms with van der Waals surface area (Å²) in [7, 11) is 1.56. The van der Waals surface area contributed by atoms with Crippen LogP contribution in [0.5, 0.6) is 17.2 Å². The van der Waals surface area contributed by atoms with Gasteiger partial charge in [-0.1, -0.05) is 36.4 Å². The molecule has 30 heavy (non-hydrogen) atoms. The van der Waals surface area contributed by atoms with Crippen LogP contribution < -0.4 is 14.9 Å². The lowest BCUT2D eigenvalue weighted by atomic mass is 10.1. The molecule has 0 saturated carbocycles. The second-order valence-corrected chi connectivity index (χ2v) is 6.72. The van der Waals surface area contributed by atoms with Crippen LogP contribution in [-0.2, 0) is 4.79 Å². The molecule has 0 bridgehead atoms. The van der Waals surface area contributed by atoms with Gasteiger partial charge in [0.1, 0.15) is 17.2 Å². The number of benzene rings is 3. The second kappa shape index (κ2) is 9.60. The molecule has 6 nitrogen and oxygen atoms in total. The van der Waals surface area contributed by atoms with Gasteiger partial charge in [0.05, 0.1) is 12.8 Å². The molecule has 1 atom stereocenters. The third kappa shape index (κ3) is 5.17. The zero-order valence-corrected chi connectivity index (χ0v) is 17.1. The number of hydrogen-bond acceptors (Lipinski definition) is 5. The second-order valence-electron chi connectivity index (χ2n) is 6.72. The molecule has 6 heteroatoms. The summed E-state index contributed by atoms with van der Waals surface area (Å²) in [4.78, 5) is 12.4. The SMILES string of the molecule is COc1ccc(O)c(/C=C/C(C)=N\NC(=O)[C@@H](C)Oc2cccc3ccccc23)c1. The first-order valence-corrected chi connectivity index (χ1v) is 9.51. The van der Waals surface area contributed by atoms with E-state index < -0.39 is 6.10 Å². The summed E-state index contributed by atoms with van der Waals surface area (Å²) in [5.74, 6) is 1.04. The van der Waals surface area contributed by atoms with E-state index in [2.05, 4.69) is 10.5 Å². The Kier molecular flexibility index (Phi) is 6.70. The number of aromatic hydroxyl groups is 1. The van der Waals surface area contributed by atoms with Gasteiger partial charge < -0.3 is 14.6 Å². The number of amides is 1. The van der Waals surface area contributed by atoms with E-state index in [0.717, 1.165) is 10.8 Å². The molecule has 0 saturated heterocycles. The van der Waals surface area contributed by atoms with Crippen molar-refractivity contribution in [3.8, 4) is 17.2 Å². The predicted octanol–water partition coefficient (Wildman–Crippen LogP) is 4.53. The molecule has 0 aliphatic heterocycles. The minimum Gasteiger partial charge on any atom is -0.507 e. The molecule has 154 valence electrons. The minimum absolute atomic E-state index is 0.126. The normalized spacial score (nSPS) is 12.7. The van der Waals surface area contributed by atoms with Crippen LogP contribution in [-0.4, -0.2) is 29.9 Å². The minimum atomic E-state index is -0.723. The van der Waals surface area contributed by atoms with Gasteiger partial charge in [0.2, 0.25) is 0 Å². The molecule has 3 aromatic carbocycles. The number of hydrogen-bond donors (Lipinski definition) is 2. The zero-order valence-electron chi connectivity index (χ0n) is 17.1. The number of methoxy groups -OCH3 is 1. The number of carbonyl (C=O) groups is 1.